The first-order valence-corrected chi connectivity index (χ1v) is 12.1. The number of amides is 1. The van der Waals surface area contributed by atoms with E-state index in [4.69, 9.17) is 14.6 Å². The van der Waals surface area contributed by atoms with Crippen LogP contribution in [0.3, 0.4) is 0 Å². The zero-order valence-corrected chi connectivity index (χ0v) is 21.9. The average molecular weight is 537 g/mol. The molecule has 0 aliphatic carbocycles. The fraction of sp³-hybridized carbons (Fsp3) is 0.214. The second-order valence-electron chi connectivity index (χ2n) is 8.29. The van der Waals surface area contributed by atoms with E-state index in [0.29, 0.717) is 36.8 Å². The van der Waals surface area contributed by atoms with E-state index in [9.17, 15) is 19.5 Å². The maximum atomic E-state index is 11.8. The summed E-state index contributed by atoms with van der Waals surface area (Å²) in [6, 6.07) is 21.6. The first-order valence-electron chi connectivity index (χ1n) is 12.1. The number of aliphatic carboxylic acids is 2. The fourth-order valence-electron chi connectivity index (χ4n) is 3.03. The van der Waals surface area contributed by atoms with Crippen molar-refractivity contribution in [2.45, 2.75) is 33.4 Å². The highest BCUT2D eigenvalue weighted by molar-refractivity contribution is 5.88. The smallest absolute Gasteiger partial charge is 0.411 e. The number of nitrogens with one attached hydrogen (secondary N) is 2. The number of carbonyl (C=O) groups excluding carboxylic acids is 2. The first kappa shape index (κ1) is 30.3. The molecular weight excluding hydrogens is 504 g/mol. The Morgan fingerprint density at radius 1 is 1.00 bits per heavy atom. The highest BCUT2D eigenvalue weighted by Crippen LogP contribution is 2.22. The Hall–Kier alpha value is -4.90. The van der Waals surface area contributed by atoms with Gasteiger partial charge < -0.3 is 29.8 Å². The number of para-hydroxylation sites is 1. The van der Waals surface area contributed by atoms with E-state index in [1.165, 1.54) is 0 Å². The van der Waals surface area contributed by atoms with Gasteiger partial charge in [0.05, 0.1) is 18.6 Å². The molecule has 1 amide bonds. The van der Waals surface area contributed by atoms with Gasteiger partial charge in [0.15, 0.2) is 0 Å². The van der Waals surface area contributed by atoms with Crippen molar-refractivity contribution in [3.05, 3.63) is 84.4 Å². The van der Waals surface area contributed by atoms with Gasteiger partial charge in [-0.05, 0) is 68.8 Å². The quantitative estimate of drug-likeness (QED) is 0.269. The highest BCUT2D eigenvalue weighted by Gasteiger charge is 2.14. The minimum Gasteiger partial charge on any atom is -0.545 e. The van der Waals surface area contributed by atoms with Crippen molar-refractivity contribution in [2.24, 2.45) is 0 Å². The first-order chi connectivity index (χ1) is 18.7. The molecule has 0 aliphatic heterocycles. The molecule has 5 N–H and O–H groups in total. The van der Waals surface area contributed by atoms with E-state index >= 15 is 0 Å². The van der Waals surface area contributed by atoms with Crippen LogP contribution in [0, 0.1) is 0 Å². The van der Waals surface area contributed by atoms with Gasteiger partial charge in [0.2, 0.25) is 0 Å². The fourth-order valence-corrected chi connectivity index (χ4v) is 3.03. The number of rotatable bonds is 11. The Bertz CT molecular complexity index is 1230. The molecule has 0 spiro atoms. The van der Waals surface area contributed by atoms with E-state index in [2.05, 4.69) is 29.5 Å². The summed E-state index contributed by atoms with van der Waals surface area (Å²) in [6.07, 6.45) is 0.457. The average Bonchev–Trinajstić information content (AvgIpc) is 2.89. The van der Waals surface area contributed by atoms with Gasteiger partial charge in [0.1, 0.15) is 23.0 Å². The number of carboxylic acid groups (broad SMARTS) is 2. The molecule has 11 nitrogen and oxygen atoms in total. The van der Waals surface area contributed by atoms with Gasteiger partial charge in [0.25, 0.3) is 5.82 Å². The third kappa shape index (κ3) is 12.3. The molecule has 0 bridgehead atoms. The molecule has 3 rings (SSSR count). The maximum absolute atomic E-state index is 11.8. The topological polar surface area (TPSA) is 167 Å². The monoisotopic (exact) mass is 536 g/mol. The summed E-state index contributed by atoms with van der Waals surface area (Å²) >= 11 is 0. The van der Waals surface area contributed by atoms with Crippen molar-refractivity contribution in [2.75, 3.05) is 17.2 Å². The second-order valence-corrected chi connectivity index (χ2v) is 8.29. The Labute approximate surface area is 226 Å². The lowest BCUT2D eigenvalue weighted by molar-refractivity contribution is -0.605. The third-order valence-electron chi connectivity index (χ3n) is 4.67. The SMILES string of the molecule is CCOC(=O)Nc1ccc(NCc2ccc(Oc3ccccc3)cc2)nc1[NH2+]C(C)C.O=C([O-])/C=C/C(=O)O. The normalized spacial score (nSPS) is 10.4. The Morgan fingerprint density at radius 2 is 1.67 bits per heavy atom. The van der Waals surface area contributed by atoms with Crippen LogP contribution < -0.4 is 25.8 Å². The zero-order valence-electron chi connectivity index (χ0n) is 21.9. The number of nitrogens with two attached hydrogens (primary N) is 1. The maximum Gasteiger partial charge on any atom is 0.411 e. The molecule has 0 radical (unpaired) electrons. The number of hydrogen-bond acceptors (Lipinski definition) is 8. The van der Waals surface area contributed by atoms with Crippen LogP contribution in [0.1, 0.15) is 26.3 Å². The molecule has 0 atom stereocenters. The van der Waals surface area contributed by atoms with Crippen LogP contribution in [0.2, 0.25) is 0 Å². The summed E-state index contributed by atoms with van der Waals surface area (Å²) in [5.41, 5.74) is 1.73. The highest BCUT2D eigenvalue weighted by atomic mass is 16.5. The zero-order chi connectivity index (χ0) is 28.6. The summed E-state index contributed by atoms with van der Waals surface area (Å²) in [6.45, 7) is 6.83. The largest absolute Gasteiger partial charge is 0.545 e. The molecule has 3 aromatic rings. The van der Waals surface area contributed by atoms with Gasteiger partial charge in [-0.15, -0.1) is 0 Å². The van der Waals surface area contributed by atoms with Crippen molar-refractivity contribution in [3.63, 3.8) is 0 Å². The molecule has 2 aromatic carbocycles. The minimum atomic E-state index is -1.51. The van der Waals surface area contributed by atoms with Crippen LogP contribution in [-0.4, -0.2) is 40.8 Å². The van der Waals surface area contributed by atoms with Crippen molar-refractivity contribution >= 4 is 35.4 Å². The van der Waals surface area contributed by atoms with Crippen LogP contribution in [0.4, 0.5) is 22.1 Å². The van der Waals surface area contributed by atoms with E-state index < -0.39 is 18.0 Å². The van der Waals surface area contributed by atoms with Gasteiger partial charge in [0, 0.05) is 12.6 Å². The van der Waals surface area contributed by atoms with Crippen LogP contribution in [0.15, 0.2) is 78.9 Å². The van der Waals surface area contributed by atoms with Crippen molar-refractivity contribution in [1.82, 2.24) is 4.98 Å². The summed E-state index contributed by atoms with van der Waals surface area (Å²) < 4.78 is 10.8. The second kappa shape index (κ2) is 16.0. The number of nitrogens with zero attached hydrogens (tertiary/aromatic N) is 1. The van der Waals surface area contributed by atoms with Crippen molar-refractivity contribution in [3.8, 4) is 11.5 Å². The summed E-state index contributed by atoms with van der Waals surface area (Å²) in [4.78, 5) is 35.4. The Morgan fingerprint density at radius 3 is 2.23 bits per heavy atom. The lowest BCUT2D eigenvalue weighted by atomic mass is 10.2. The molecule has 0 saturated heterocycles. The van der Waals surface area contributed by atoms with Gasteiger partial charge >= 0.3 is 12.1 Å². The number of carbonyl (C=O) groups is 3. The number of carboxylic acids is 2. The van der Waals surface area contributed by atoms with Crippen LogP contribution in [0.25, 0.3) is 0 Å². The molecular formula is C28H32N4O7. The van der Waals surface area contributed by atoms with E-state index in [-0.39, 0.29) is 6.04 Å². The number of aromatic nitrogens is 1. The molecule has 11 heteroatoms. The Kier molecular flexibility index (Phi) is 12.5. The molecule has 0 aliphatic rings. The number of ether oxygens (including phenoxy) is 2. The van der Waals surface area contributed by atoms with Crippen LogP contribution >= 0.6 is 0 Å². The predicted molar refractivity (Wildman–Crippen MR) is 144 cm³/mol. The minimum absolute atomic E-state index is 0.280. The van der Waals surface area contributed by atoms with Crippen molar-refractivity contribution in [1.29, 1.82) is 0 Å². The predicted octanol–water partition coefficient (Wildman–Crippen LogP) is 3.03. The molecule has 39 heavy (non-hydrogen) atoms. The molecule has 1 aromatic heterocycles. The van der Waals surface area contributed by atoms with Gasteiger partial charge in [-0.2, -0.15) is 4.98 Å². The Balaban J connectivity index is 0.000000580. The lowest BCUT2D eigenvalue weighted by Gasteiger charge is -2.13. The number of hydrogen-bond donors (Lipinski definition) is 4. The summed E-state index contributed by atoms with van der Waals surface area (Å²) in [7, 11) is 0. The summed E-state index contributed by atoms with van der Waals surface area (Å²) in [5, 5.41) is 25.3. The molecule has 0 unspecified atom stereocenters. The van der Waals surface area contributed by atoms with E-state index in [1.54, 1.807) is 6.92 Å². The number of quaternary nitrogens is 1. The number of benzene rings is 2. The molecule has 1 heterocycles. The standard InChI is InChI=1S/C24H28N4O3.C4H4O4/c1-4-30-24(29)27-21-14-15-22(28-23(21)26-17(2)3)25-16-18-10-12-20(13-11-18)31-19-8-6-5-7-9-19;5-3(6)1-2-4(7)8/h5-15,17H,4,16H2,1-3H3,(H,27,29)(H2,25,26,28);1-2H,(H,5,6)(H,7,8)/b;2-1+. The van der Waals surface area contributed by atoms with E-state index in [1.807, 2.05) is 72.0 Å². The lowest BCUT2D eigenvalue weighted by Crippen LogP contribution is -2.83. The van der Waals surface area contributed by atoms with Gasteiger partial charge in [-0.1, -0.05) is 30.3 Å². The third-order valence-corrected chi connectivity index (χ3v) is 4.67. The summed E-state index contributed by atoms with van der Waals surface area (Å²) in [5.74, 6) is 0.228. The van der Waals surface area contributed by atoms with E-state index in [0.717, 1.165) is 22.9 Å². The van der Waals surface area contributed by atoms with Gasteiger partial charge in [-0.25, -0.2) is 9.59 Å². The molecule has 206 valence electrons. The number of anilines is 2. The van der Waals surface area contributed by atoms with Crippen LogP contribution in [-0.2, 0) is 20.9 Å². The van der Waals surface area contributed by atoms with Crippen molar-refractivity contribution < 1.29 is 39.4 Å². The number of pyridine rings is 1. The molecule has 0 saturated carbocycles. The molecule has 0 fully saturated rings. The van der Waals surface area contributed by atoms with Gasteiger partial charge in [-0.3, -0.25) is 10.6 Å². The van der Waals surface area contributed by atoms with Crippen LogP contribution in [0.5, 0.6) is 11.5 Å².